The van der Waals surface area contributed by atoms with Crippen molar-refractivity contribution in [1.82, 2.24) is 36.8 Å². The molecule has 70 heavy (non-hydrogen) atoms. The van der Waals surface area contributed by atoms with Crippen LogP contribution in [0, 0.1) is 17.8 Å². The van der Waals surface area contributed by atoms with Crippen molar-refractivity contribution >= 4 is 65.3 Å². The van der Waals surface area contributed by atoms with Crippen LogP contribution < -0.4 is 54.8 Å². The molecule has 0 aliphatic rings. The number of guanidine groups is 1. The highest BCUT2D eigenvalue weighted by atomic mass is 16.6. The monoisotopic (exact) mass is 1010 g/mol. The van der Waals surface area contributed by atoms with Gasteiger partial charge in [0.15, 0.2) is 19.5 Å². The van der Waals surface area contributed by atoms with Gasteiger partial charge >= 0.3 is 12.1 Å². The number of alkyl carbamates (subject to hydrolysis) is 1. The summed E-state index contributed by atoms with van der Waals surface area (Å²) in [7, 11) is 0. The summed E-state index contributed by atoms with van der Waals surface area (Å²) >= 11 is 0. The molecule has 0 heterocycles. The van der Waals surface area contributed by atoms with Crippen LogP contribution in [-0.2, 0) is 47.9 Å². The van der Waals surface area contributed by atoms with Crippen LogP contribution in [0.25, 0.3) is 0 Å². The summed E-state index contributed by atoms with van der Waals surface area (Å²) in [4.78, 5) is 136. The van der Waals surface area contributed by atoms with Gasteiger partial charge in [-0.05, 0) is 64.7 Å². The molecule has 28 heteroatoms. The largest absolute Gasteiger partial charge is 0.480 e. The van der Waals surface area contributed by atoms with E-state index in [1.165, 1.54) is 6.92 Å². The quantitative estimate of drug-likeness (QED) is 0.0189. The van der Waals surface area contributed by atoms with Crippen molar-refractivity contribution < 1.29 is 79.6 Å². The SMILES string of the molecule is [2H]N(C(=O)[C@@H](NC(=O)OC(C)(C)C)[C@H](O)C(C)C)[C@@H](CC(C)C)C(=O)N[C@@H](CCCN=C(N)N)C(=O)N[C@H](C(=O)N[C@H](C(=O)NCC(=O)N(C(=O)[C@@H](N)[C@H](O)C(N)=O)[C@@H](CO)C(=O)O)[C@H](C)O)[C@@H](C)CC. The highest BCUT2D eigenvalue weighted by Gasteiger charge is 2.42. The first-order valence-corrected chi connectivity index (χ1v) is 22.5. The number of rotatable bonds is 29. The summed E-state index contributed by atoms with van der Waals surface area (Å²) in [5.74, 6) is -14.2. The molecular weight excluding hydrogens is 929 g/mol. The molecule has 0 aliphatic carbocycles. The van der Waals surface area contributed by atoms with Gasteiger partial charge in [0.25, 0.3) is 0 Å². The molecule has 0 rings (SSSR count). The highest BCUT2D eigenvalue weighted by molar-refractivity contribution is 6.05. The molecule has 0 radical (unpaired) electrons. The fourth-order valence-electron chi connectivity index (χ4n) is 6.21. The van der Waals surface area contributed by atoms with Crippen LogP contribution in [0.3, 0.4) is 0 Å². The van der Waals surface area contributed by atoms with E-state index >= 15 is 0 Å². The van der Waals surface area contributed by atoms with Crippen molar-refractivity contribution in [2.24, 2.45) is 45.7 Å². The lowest BCUT2D eigenvalue weighted by atomic mass is 9.96. The second-order valence-electron chi connectivity index (χ2n) is 18.3. The standard InChI is InChI=1S/C42H76N12O16/c1-11-20(6)27(36(64)52-28(21(7)56)35(63)48-16-25(57)54(24(17-55)39(67)68)38(66)26(43)31(59)32(44)60)51-33(61)22(13-12-14-47-40(45)46)49-34(62)23(15-18(2)3)50-37(65)29(30(58)19(4)5)53-41(69)70-42(8,9)10/h18-24,26-31,55-56,58-59H,11-17,43H2,1-10H3,(H2,44,60)(H,48,63)(H,49,62)(H,50,65)(H,51,61)(H,52,64)(H,53,69)(H,67,68)(H4,45,46,47)/t20-,21-,22-,23-,24-,26-,27-,28-,29-,30+,31-/m0/s1/i/hD. The molecule has 0 bridgehead atoms. The molecule has 0 saturated heterocycles. The van der Waals surface area contributed by atoms with Gasteiger partial charge in [-0.25, -0.2) is 9.59 Å². The van der Waals surface area contributed by atoms with Crippen molar-refractivity contribution in [2.45, 2.75) is 161 Å². The third-order valence-corrected chi connectivity index (χ3v) is 10.3. The number of carboxylic acid groups (broad SMARTS) is 1. The fourth-order valence-corrected chi connectivity index (χ4v) is 6.21. The Hall–Kier alpha value is -6.23. The number of aliphatic carboxylic acids is 1. The second kappa shape index (κ2) is 29.7. The number of aliphatic imine (C=N–C) groups is 1. The lowest BCUT2D eigenvalue weighted by Gasteiger charge is -2.31. The molecule has 0 spiro atoms. The minimum atomic E-state index is -2.41. The van der Waals surface area contributed by atoms with Crippen LogP contribution in [0.2, 0.25) is 1.41 Å². The molecule has 0 aromatic heterocycles. The molecule has 19 N–H and O–H groups in total. The van der Waals surface area contributed by atoms with Gasteiger partial charge in [0.2, 0.25) is 47.3 Å². The first-order chi connectivity index (χ1) is 32.6. The first-order valence-electron chi connectivity index (χ1n) is 22.9. The summed E-state index contributed by atoms with van der Waals surface area (Å²) in [5.41, 5.74) is 20.4. The lowest BCUT2D eigenvalue weighted by molar-refractivity contribution is -0.161. The van der Waals surface area contributed by atoms with E-state index in [2.05, 4.69) is 26.3 Å². The number of imide groups is 1. The van der Waals surface area contributed by atoms with Gasteiger partial charge in [0, 0.05) is 6.54 Å². The summed E-state index contributed by atoms with van der Waals surface area (Å²) < 4.78 is 14.1. The third kappa shape index (κ3) is 21.6. The molecule has 400 valence electrons. The molecule has 0 saturated carbocycles. The summed E-state index contributed by atoms with van der Waals surface area (Å²) in [6.07, 6.45) is -6.88. The number of carbonyl (C=O) groups is 10. The third-order valence-electron chi connectivity index (χ3n) is 10.3. The fraction of sp³-hybridized carbons (Fsp3) is 0.738. The topological polar surface area (TPSA) is 473 Å². The number of ether oxygens (including phenoxy) is 1. The zero-order chi connectivity index (χ0) is 55.4. The molecule has 9 amide bonds. The van der Waals surface area contributed by atoms with Crippen LogP contribution >= 0.6 is 0 Å². The zero-order valence-electron chi connectivity index (χ0n) is 42.3. The van der Waals surface area contributed by atoms with Gasteiger partial charge in [-0.1, -0.05) is 48.0 Å². The normalized spacial score (nSPS) is 16.4. The highest BCUT2D eigenvalue weighted by Crippen LogP contribution is 2.15. The van der Waals surface area contributed by atoms with Crippen molar-refractivity contribution in [3.8, 4) is 0 Å². The number of primary amides is 1. The number of aliphatic hydroxyl groups is 4. The van der Waals surface area contributed by atoms with E-state index in [1.54, 1.807) is 55.4 Å². The van der Waals surface area contributed by atoms with E-state index < -0.39 is 151 Å². The van der Waals surface area contributed by atoms with Crippen molar-refractivity contribution in [1.29, 1.82) is 0 Å². The molecule has 28 nitrogen and oxygen atoms in total. The van der Waals surface area contributed by atoms with E-state index in [-0.39, 0.29) is 54.3 Å². The zero-order valence-corrected chi connectivity index (χ0v) is 41.3. The Morgan fingerprint density at radius 2 is 1.33 bits per heavy atom. The van der Waals surface area contributed by atoms with Gasteiger partial charge in [-0.15, -0.1) is 0 Å². The molecule has 0 aromatic rings. The second-order valence-corrected chi connectivity index (χ2v) is 18.3. The van der Waals surface area contributed by atoms with Crippen LogP contribution in [0.15, 0.2) is 4.99 Å². The summed E-state index contributed by atoms with van der Waals surface area (Å²) in [6.45, 7) is 12.8. The number of nitrogens with zero attached hydrogens (tertiary/aromatic N) is 2. The molecule has 0 aliphatic heterocycles. The van der Waals surface area contributed by atoms with Gasteiger partial charge in [0.05, 0.1) is 25.4 Å². The van der Waals surface area contributed by atoms with E-state index in [4.69, 9.17) is 29.1 Å². The smallest absolute Gasteiger partial charge is 0.408 e. The molecule has 0 fully saturated rings. The lowest BCUT2D eigenvalue weighted by Crippen LogP contribution is -2.63. The average Bonchev–Trinajstić information content (AvgIpc) is 3.26. The van der Waals surface area contributed by atoms with Crippen molar-refractivity contribution in [3.05, 3.63) is 0 Å². The maximum absolute atomic E-state index is 14.2. The number of hydrogen-bond acceptors (Lipinski definition) is 17. The van der Waals surface area contributed by atoms with E-state index in [9.17, 15) is 73.5 Å². The summed E-state index contributed by atoms with van der Waals surface area (Å²) in [5, 5.41) is 62.6. The number of nitrogens with two attached hydrogens (primary N) is 4. The van der Waals surface area contributed by atoms with E-state index in [0.29, 0.717) is 0 Å². The van der Waals surface area contributed by atoms with Crippen LogP contribution in [0.4, 0.5) is 4.79 Å². The van der Waals surface area contributed by atoms with Crippen LogP contribution in [0.5, 0.6) is 0 Å². The van der Waals surface area contributed by atoms with Crippen molar-refractivity contribution in [2.75, 3.05) is 19.7 Å². The van der Waals surface area contributed by atoms with E-state index in [1.807, 2.05) is 5.32 Å². The number of hydrogen-bond donors (Lipinski definition) is 15. The van der Waals surface area contributed by atoms with E-state index in [0.717, 1.165) is 6.92 Å². The Labute approximate surface area is 407 Å². The molecule has 11 atom stereocenters. The minimum Gasteiger partial charge on any atom is -0.480 e. The predicted molar refractivity (Wildman–Crippen MR) is 249 cm³/mol. The minimum absolute atomic E-state index is 0.0421. The Morgan fingerprint density at radius 3 is 1.79 bits per heavy atom. The summed E-state index contributed by atoms with van der Waals surface area (Å²) in [6, 6.07) is -13.0. The Bertz CT molecular complexity index is 1900. The molecule has 0 unspecified atom stereocenters. The van der Waals surface area contributed by atoms with Gasteiger partial charge < -0.3 is 85.1 Å². The predicted octanol–water partition coefficient (Wildman–Crippen LogP) is -5.55. The molecule has 0 aromatic carbocycles. The number of amides is 9. The van der Waals surface area contributed by atoms with Gasteiger partial charge in [0.1, 0.15) is 41.9 Å². The van der Waals surface area contributed by atoms with Crippen LogP contribution in [0.1, 0.15) is 94.9 Å². The average molecular weight is 1010 g/mol. The van der Waals surface area contributed by atoms with Crippen LogP contribution in [-0.4, -0.2) is 182 Å². The number of nitrogens with one attached hydrogen (secondary N) is 6. The number of aliphatic hydroxyl groups excluding tert-OH is 4. The maximum atomic E-state index is 14.2. The number of carboxylic acids is 1. The number of carbonyl (C=O) groups excluding carboxylic acids is 9. The first kappa shape index (κ1) is 61.8. The Balaban J connectivity index is 6.86. The Kier molecular flexibility index (Phi) is 26.2. The van der Waals surface area contributed by atoms with Crippen molar-refractivity contribution in [3.63, 3.8) is 0 Å². The maximum Gasteiger partial charge on any atom is 0.408 e. The van der Waals surface area contributed by atoms with Gasteiger partial charge in [-0.3, -0.25) is 48.2 Å². The Morgan fingerprint density at radius 1 is 0.771 bits per heavy atom. The van der Waals surface area contributed by atoms with Gasteiger partial charge in [-0.2, -0.15) is 0 Å². The molecular formula is C42H76N12O16.